The van der Waals surface area contributed by atoms with Crippen molar-refractivity contribution < 1.29 is 19.4 Å². The number of ether oxygens (including phenoxy) is 1. The Morgan fingerprint density at radius 2 is 1.94 bits per heavy atom. The highest BCUT2D eigenvalue weighted by atomic mass is 16.6. The van der Waals surface area contributed by atoms with E-state index in [0.717, 1.165) is 12.8 Å². The van der Waals surface area contributed by atoms with Crippen molar-refractivity contribution in [2.24, 2.45) is 0 Å². The first kappa shape index (κ1) is 14.5. The van der Waals surface area contributed by atoms with Crippen LogP contribution in [0.25, 0.3) is 0 Å². The van der Waals surface area contributed by atoms with Crippen LogP contribution in [0.15, 0.2) is 12.2 Å². The molecule has 1 aliphatic heterocycles. The number of amides is 1. The highest BCUT2D eigenvalue weighted by Crippen LogP contribution is 2.24. The predicted molar refractivity (Wildman–Crippen MR) is 67.4 cm³/mol. The van der Waals surface area contributed by atoms with E-state index < -0.39 is 23.7 Å². The van der Waals surface area contributed by atoms with Gasteiger partial charge in [-0.15, -0.1) is 0 Å². The summed E-state index contributed by atoms with van der Waals surface area (Å²) in [5.74, 6) is -1.06. The second kappa shape index (κ2) is 5.42. The molecule has 102 valence electrons. The molecule has 18 heavy (non-hydrogen) atoms. The molecule has 1 aliphatic rings. The molecule has 1 fully saturated rings. The zero-order chi connectivity index (χ0) is 13.9. The summed E-state index contributed by atoms with van der Waals surface area (Å²) in [5.41, 5.74) is -0.524. The van der Waals surface area contributed by atoms with Crippen LogP contribution in [0, 0.1) is 0 Å². The van der Waals surface area contributed by atoms with E-state index in [1.165, 1.54) is 4.90 Å². The van der Waals surface area contributed by atoms with Gasteiger partial charge in [-0.3, -0.25) is 0 Å². The van der Waals surface area contributed by atoms with Crippen molar-refractivity contribution in [2.75, 3.05) is 6.54 Å². The van der Waals surface area contributed by atoms with Crippen molar-refractivity contribution in [2.45, 2.75) is 51.7 Å². The molecule has 0 bridgehead atoms. The van der Waals surface area contributed by atoms with Crippen LogP contribution in [-0.2, 0) is 9.53 Å². The summed E-state index contributed by atoms with van der Waals surface area (Å²) in [7, 11) is 0. The maximum atomic E-state index is 12.0. The largest absolute Gasteiger partial charge is 0.478 e. The van der Waals surface area contributed by atoms with Gasteiger partial charge in [0.2, 0.25) is 0 Å². The highest BCUT2D eigenvalue weighted by molar-refractivity contribution is 5.88. The van der Waals surface area contributed by atoms with Gasteiger partial charge >= 0.3 is 12.1 Å². The van der Waals surface area contributed by atoms with Crippen molar-refractivity contribution in [1.82, 2.24) is 4.90 Å². The molecule has 1 unspecified atom stereocenters. The standard InChI is InChI=1S/C13H21NO4/c1-9(11(15)16)10-7-5-6-8-14(10)12(17)18-13(2,3)4/h10H,1,5-8H2,2-4H3,(H,15,16). The monoisotopic (exact) mass is 255 g/mol. The molecule has 1 saturated heterocycles. The lowest BCUT2D eigenvalue weighted by atomic mass is 9.96. The fraction of sp³-hybridized carbons (Fsp3) is 0.692. The number of rotatable bonds is 2. The summed E-state index contributed by atoms with van der Waals surface area (Å²) in [5, 5.41) is 8.99. The minimum absolute atomic E-state index is 0.0561. The molecule has 0 aromatic carbocycles. The minimum atomic E-state index is -1.06. The zero-order valence-corrected chi connectivity index (χ0v) is 11.2. The van der Waals surface area contributed by atoms with Crippen LogP contribution < -0.4 is 0 Å². The third-order valence-electron chi connectivity index (χ3n) is 2.81. The summed E-state index contributed by atoms with van der Waals surface area (Å²) < 4.78 is 5.29. The van der Waals surface area contributed by atoms with Crippen LogP contribution in [0.2, 0.25) is 0 Å². The minimum Gasteiger partial charge on any atom is -0.478 e. The molecule has 0 aromatic rings. The molecular formula is C13H21NO4. The molecule has 1 heterocycles. The Hall–Kier alpha value is -1.52. The number of carboxylic acid groups (broad SMARTS) is 1. The lowest BCUT2D eigenvalue weighted by Gasteiger charge is -2.36. The fourth-order valence-electron chi connectivity index (χ4n) is 1.98. The van der Waals surface area contributed by atoms with Gasteiger partial charge in [0.25, 0.3) is 0 Å². The third-order valence-corrected chi connectivity index (χ3v) is 2.81. The Labute approximate surface area is 107 Å². The quantitative estimate of drug-likeness (QED) is 0.769. The van der Waals surface area contributed by atoms with E-state index in [1.54, 1.807) is 20.8 Å². The van der Waals surface area contributed by atoms with Gasteiger partial charge in [0.15, 0.2) is 0 Å². The van der Waals surface area contributed by atoms with E-state index >= 15 is 0 Å². The average molecular weight is 255 g/mol. The van der Waals surface area contributed by atoms with Crippen molar-refractivity contribution in [3.05, 3.63) is 12.2 Å². The SMILES string of the molecule is C=C(C(=O)O)C1CCCCN1C(=O)OC(C)(C)C. The molecular weight excluding hydrogens is 234 g/mol. The number of aliphatic carboxylic acids is 1. The van der Waals surface area contributed by atoms with Crippen molar-refractivity contribution >= 4 is 12.1 Å². The number of likely N-dealkylation sites (tertiary alicyclic amines) is 1. The Kier molecular flexibility index (Phi) is 4.38. The molecule has 1 atom stereocenters. The van der Waals surface area contributed by atoms with Crippen LogP contribution in [0.1, 0.15) is 40.0 Å². The number of carbonyl (C=O) groups is 2. The van der Waals surface area contributed by atoms with Crippen LogP contribution in [-0.4, -0.2) is 40.3 Å². The van der Waals surface area contributed by atoms with Gasteiger partial charge in [-0.05, 0) is 40.0 Å². The smallest absolute Gasteiger partial charge is 0.410 e. The van der Waals surface area contributed by atoms with Crippen molar-refractivity contribution in [1.29, 1.82) is 0 Å². The Morgan fingerprint density at radius 3 is 2.44 bits per heavy atom. The Bertz CT molecular complexity index is 356. The van der Waals surface area contributed by atoms with E-state index in [-0.39, 0.29) is 5.57 Å². The highest BCUT2D eigenvalue weighted by Gasteiger charge is 2.33. The molecule has 1 amide bonds. The summed E-state index contributed by atoms with van der Waals surface area (Å²) in [4.78, 5) is 24.5. The lowest BCUT2D eigenvalue weighted by Crippen LogP contribution is -2.47. The Morgan fingerprint density at radius 1 is 1.33 bits per heavy atom. The number of carbonyl (C=O) groups excluding carboxylic acids is 1. The fourth-order valence-corrected chi connectivity index (χ4v) is 1.98. The summed E-state index contributed by atoms with van der Waals surface area (Å²) in [6.07, 6.45) is 1.93. The first-order valence-electron chi connectivity index (χ1n) is 6.14. The normalized spacial score (nSPS) is 20.4. The molecule has 0 spiro atoms. The zero-order valence-electron chi connectivity index (χ0n) is 11.2. The number of hydrogen-bond acceptors (Lipinski definition) is 3. The topological polar surface area (TPSA) is 66.8 Å². The summed E-state index contributed by atoms with van der Waals surface area (Å²) in [6, 6.07) is -0.453. The molecule has 0 saturated carbocycles. The van der Waals surface area contributed by atoms with E-state index in [1.807, 2.05) is 0 Å². The van der Waals surface area contributed by atoms with Gasteiger partial charge < -0.3 is 14.7 Å². The molecule has 1 N–H and O–H groups in total. The van der Waals surface area contributed by atoms with Gasteiger partial charge in [0.05, 0.1) is 11.6 Å². The number of piperidine rings is 1. The molecule has 5 nitrogen and oxygen atoms in total. The van der Waals surface area contributed by atoms with E-state index in [9.17, 15) is 9.59 Å². The molecule has 0 aliphatic carbocycles. The molecule has 0 radical (unpaired) electrons. The summed E-state index contributed by atoms with van der Waals surface area (Å²) in [6.45, 7) is 9.44. The van der Waals surface area contributed by atoms with Gasteiger partial charge in [0, 0.05) is 6.54 Å². The number of carboxylic acids is 1. The van der Waals surface area contributed by atoms with Crippen molar-refractivity contribution in [3.8, 4) is 0 Å². The van der Waals surface area contributed by atoms with Crippen molar-refractivity contribution in [3.63, 3.8) is 0 Å². The van der Waals surface area contributed by atoms with Gasteiger partial charge in [0.1, 0.15) is 5.60 Å². The number of nitrogens with zero attached hydrogens (tertiary/aromatic N) is 1. The maximum Gasteiger partial charge on any atom is 0.410 e. The first-order valence-corrected chi connectivity index (χ1v) is 6.14. The number of hydrogen-bond donors (Lipinski definition) is 1. The van der Waals surface area contributed by atoms with Gasteiger partial charge in [-0.2, -0.15) is 0 Å². The maximum absolute atomic E-state index is 12.0. The second-order valence-corrected chi connectivity index (χ2v) is 5.52. The molecule has 1 rings (SSSR count). The summed E-state index contributed by atoms with van der Waals surface area (Å²) >= 11 is 0. The molecule has 0 aromatic heterocycles. The first-order chi connectivity index (χ1) is 8.22. The van der Waals surface area contributed by atoms with Crippen LogP contribution >= 0.6 is 0 Å². The predicted octanol–water partition coefficient (Wildman–Crippen LogP) is 2.42. The van der Waals surface area contributed by atoms with E-state index in [2.05, 4.69) is 6.58 Å². The third kappa shape index (κ3) is 3.75. The second-order valence-electron chi connectivity index (χ2n) is 5.52. The van der Waals surface area contributed by atoms with E-state index in [4.69, 9.17) is 9.84 Å². The Balaban J connectivity index is 2.79. The van der Waals surface area contributed by atoms with Crippen LogP contribution in [0.3, 0.4) is 0 Å². The van der Waals surface area contributed by atoms with E-state index in [0.29, 0.717) is 13.0 Å². The lowest BCUT2D eigenvalue weighted by molar-refractivity contribution is -0.133. The van der Waals surface area contributed by atoms with Gasteiger partial charge in [-0.25, -0.2) is 9.59 Å². The van der Waals surface area contributed by atoms with Gasteiger partial charge in [-0.1, -0.05) is 6.58 Å². The molecule has 5 heteroatoms. The van der Waals surface area contributed by atoms with Crippen LogP contribution in [0.4, 0.5) is 4.79 Å². The average Bonchev–Trinajstić information content (AvgIpc) is 2.25. The van der Waals surface area contributed by atoms with Crippen LogP contribution in [0.5, 0.6) is 0 Å².